The molecule has 0 amide bonds. The lowest BCUT2D eigenvalue weighted by Crippen LogP contribution is -2.20. The van der Waals surface area contributed by atoms with Crippen molar-refractivity contribution in [1.29, 1.82) is 0 Å². The Morgan fingerprint density at radius 3 is 2.57 bits per heavy atom. The number of methoxy groups -OCH3 is 1. The van der Waals surface area contributed by atoms with E-state index in [1.807, 2.05) is 19.1 Å². The van der Waals surface area contributed by atoms with E-state index in [0.717, 1.165) is 24.0 Å². The highest BCUT2D eigenvalue weighted by Gasteiger charge is 2.43. The molecule has 1 aromatic rings. The third-order valence-electron chi connectivity index (χ3n) is 2.82. The van der Waals surface area contributed by atoms with Crippen molar-refractivity contribution in [3.63, 3.8) is 0 Å². The zero-order chi connectivity index (χ0) is 10.3. The van der Waals surface area contributed by atoms with Crippen LogP contribution < -0.4 is 10.5 Å². The fourth-order valence-corrected chi connectivity index (χ4v) is 2.28. The molecule has 2 nitrogen and oxygen atoms in total. The molecule has 1 aromatic carbocycles. The summed E-state index contributed by atoms with van der Waals surface area (Å²) in [6, 6.07) is 3.89. The highest BCUT2D eigenvalue weighted by molar-refractivity contribution is 6.33. The number of nitrogens with two attached hydrogens (primary N) is 1. The number of hydrogen-bond acceptors (Lipinski definition) is 2. The predicted octanol–water partition coefficient (Wildman–Crippen LogP) is 2.60. The second kappa shape index (κ2) is 3.14. The van der Waals surface area contributed by atoms with Gasteiger partial charge in [-0.3, -0.25) is 0 Å². The van der Waals surface area contributed by atoms with Crippen LogP contribution in [0.2, 0.25) is 5.02 Å². The van der Waals surface area contributed by atoms with Crippen LogP contribution in [0.25, 0.3) is 0 Å². The summed E-state index contributed by atoms with van der Waals surface area (Å²) in [5.41, 5.74) is 8.16. The van der Waals surface area contributed by atoms with Gasteiger partial charge in [-0.1, -0.05) is 17.7 Å². The first-order valence-corrected chi connectivity index (χ1v) is 5.09. The first-order chi connectivity index (χ1) is 6.58. The smallest absolute Gasteiger partial charge is 0.137 e. The van der Waals surface area contributed by atoms with Crippen LogP contribution in [0.4, 0.5) is 0 Å². The summed E-state index contributed by atoms with van der Waals surface area (Å²) in [6.07, 6.45) is 2.03. The molecule has 0 unspecified atom stereocenters. The van der Waals surface area contributed by atoms with Crippen LogP contribution in [0, 0.1) is 6.92 Å². The van der Waals surface area contributed by atoms with Crippen molar-refractivity contribution in [2.45, 2.75) is 25.3 Å². The lowest BCUT2D eigenvalue weighted by molar-refractivity contribution is 0.413. The zero-order valence-corrected chi connectivity index (χ0v) is 9.19. The summed E-state index contributed by atoms with van der Waals surface area (Å²) < 4.78 is 5.18. The first-order valence-electron chi connectivity index (χ1n) is 4.71. The van der Waals surface area contributed by atoms with E-state index in [2.05, 4.69) is 0 Å². The van der Waals surface area contributed by atoms with Gasteiger partial charge in [0.05, 0.1) is 12.1 Å². The van der Waals surface area contributed by atoms with E-state index in [1.165, 1.54) is 0 Å². The molecule has 0 bridgehead atoms. The molecule has 0 aromatic heterocycles. The lowest BCUT2D eigenvalue weighted by atomic mass is 9.99. The van der Waals surface area contributed by atoms with Gasteiger partial charge in [-0.05, 0) is 37.0 Å². The number of aryl methyl sites for hydroxylation is 1. The number of halogens is 1. The summed E-state index contributed by atoms with van der Waals surface area (Å²) in [5, 5.41) is 0.674. The van der Waals surface area contributed by atoms with Gasteiger partial charge in [-0.15, -0.1) is 0 Å². The third kappa shape index (κ3) is 1.39. The van der Waals surface area contributed by atoms with Crippen LogP contribution in [-0.2, 0) is 5.54 Å². The van der Waals surface area contributed by atoms with Gasteiger partial charge in [0.2, 0.25) is 0 Å². The van der Waals surface area contributed by atoms with E-state index in [1.54, 1.807) is 7.11 Å². The molecule has 0 atom stereocenters. The van der Waals surface area contributed by atoms with Crippen molar-refractivity contribution in [2.75, 3.05) is 7.11 Å². The van der Waals surface area contributed by atoms with Gasteiger partial charge in [0.15, 0.2) is 0 Å². The molecule has 0 radical (unpaired) electrons. The van der Waals surface area contributed by atoms with E-state index < -0.39 is 0 Å². The summed E-state index contributed by atoms with van der Waals surface area (Å²) in [4.78, 5) is 0. The Hall–Kier alpha value is -0.730. The Morgan fingerprint density at radius 2 is 2.07 bits per heavy atom. The van der Waals surface area contributed by atoms with Crippen LogP contribution in [0.3, 0.4) is 0 Å². The van der Waals surface area contributed by atoms with E-state index in [9.17, 15) is 0 Å². The molecule has 0 saturated heterocycles. The molecule has 76 valence electrons. The normalized spacial score (nSPS) is 18.0. The van der Waals surface area contributed by atoms with Crippen molar-refractivity contribution in [3.05, 3.63) is 28.3 Å². The molecular formula is C11H14ClNO. The van der Waals surface area contributed by atoms with E-state index in [0.29, 0.717) is 10.8 Å². The average molecular weight is 212 g/mol. The highest BCUT2D eigenvalue weighted by Crippen LogP contribution is 2.48. The first kappa shape index (κ1) is 9.81. The Kier molecular flexibility index (Phi) is 2.20. The third-order valence-corrected chi connectivity index (χ3v) is 3.20. The maximum Gasteiger partial charge on any atom is 0.137 e. The number of rotatable bonds is 2. The Bertz CT molecular complexity index is 372. The minimum Gasteiger partial charge on any atom is -0.495 e. The fraction of sp³-hybridized carbons (Fsp3) is 0.455. The van der Waals surface area contributed by atoms with Crippen molar-refractivity contribution in [2.24, 2.45) is 5.73 Å². The molecule has 3 heteroatoms. The molecule has 0 heterocycles. The van der Waals surface area contributed by atoms with Gasteiger partial charge < -0.3 is 10.5 Å². The van der Waals surface area contributed by atoms with Crippen LogP contribution >= 0.6 is 11.6 Å². The van der Waals surface area contributed by atoms with Gasteiger partial charge in [-0.2, -0.15) is 0 Å². The molecule has 0 spiro atoms. The van der Waals surface area contributed by atoms with E-state index >= 15 is 0 Å². The SMILES string of the molecule is COc1ccc(C)c(C2(N)CC2)c1Cl. The molecule has 1 aliphatic rings. The Balaban J connectivity index is 2.56. The highest BCUT2D eigenvalue weighted by atomic mass is 35.5. The zero-order valence-electron chi connectivity index (χ0n) is 8.43. The van der Waals surface area contributed by atoms with E-state index in [-0.39, 0.29) is 5.54 Å². The maximum atomic E-state index is 6.23. The molecule has 1 fully saturated rings. The van der Waals surface area contributed by atoms with Gasteiger partial charge in [0, 0.05) is 5.54 Å². The molecule has 2 rings (SSSR count). The van der Waals surface area contributed by atoms with Gasteiger partial charge in [0.25, 0.3) is 0 Å². The molecule has 1 aliphatic carbocycles. The standard InChI is InChI=1S/C11H14ClNO/c1-7-3-4-8(14-2)10(12)9(7)11(13)5-6-11/h3-4H,5-6,13H2,1-2H3. The second-order valence-corrected chi connectivity index (χ2v) is 4.31. The van der Waals surface area contributed by atoms with Gasteiger partial charge in [-0.25, -0.2) is 0 Å². The van der Waals surface area contributed by atoms with Crippen molar-refractivity contribution in [1.82, 2.24) is 0 Å². The summed E-state index contributed by atoms with van der Waals surface area (Å²) >= 11 is 6.23. The van der Waals surface area contributed by atoms with Crippen LogP contribution in [-0.4, -0.2) is 7.11 Å². The summed E-state index contributed by atoms with van der Waals surface area (Å²) in [5.74, 6) is 0.712. The number of hydrogen-bond donors (Lipinski definition) is 1. The fourth-order valence-electron chi connectivity index (χ4n) is 1.81. The van der Waals surface area contributed by atoms with Crippen molar-refractivity contribution in [3.8, 4) is 5.75 Å². The summed E-state index contributed by atoms with van der Waals surface area (Å²) in [7, 11) is 1.62. The molecule has 2 N–H and O–H groups in total. The van der Waals surface area contributed by atoms with Crippen LogP contribution in [0.1, 0.15) is 24.0 Å². The van der Waals surface area contributed by atoms with Gasteiger partial charge in [0.1, 0.15) is 5.75 Å². The predicted molar refractivity (Wildman–Crippen MR) is 57.8 cm³/mol. The molecule has 0 aliphatic heterocycles. The topological polar surface area (TPSA) is 35.2 Å². The monoisotopic (exact) mass is 211 g/mol. The molecule has 14 heavy (non-hydrogen) atoms. The van der Waals surface area contributed by atoms with Crippen molar-refractivity contribution < 1.29 is 4.74 Å². The minimum atomic E-state index is -0.199. The summed E-state index contributed by atoms with van der Waals surface area (Å²) in [6.45, 7) is 2.04. The Morgan fingerprint density at radius 1 is 1.43 bits per heavy atom. The van der Waals surface area contributed by atoms with E-state index in [4.69, 9.17) is 22.1 Å². The van der Waals surface area contributed by atoms with Crippen LogP contribution in [0.5, 0.6) is 5.75 Å². The average Bonchev–Trinajstić information content (AvgIpc) is 2.85. The molecular weight excluding hydrogens is 198 g/mol. The van der Waals surface area contributed by atoms with Crippen molar-refractivity contribution >= 4 is 11.6 Å². The van der Waals surface area contributed by atoms with Crippen LogP contribution in [0.15, 0.2) is 12.1 Å². The number of ether oxygens (including phenoxy) is 1. The quantitative estimate of drug-likeness (QED) is 0.816. The number of benzene rings is 1. The van der Waals surface area contributed by atoms with Gasteiger partial charge >= 0.3 is 0 Å². The second-order valence-electron chi connectivity index (χ2n) is 3.93. The maximum absolute atomic E-state index is 6.23. The Labute approximate surface area is 89.0 Å². The lowest BCUT2D eigenvalue weighted by Gasteiger charge is -2.16. The minimum absolute atomic E-state index is 0.199. The largest absolute Gasteiger partial charge is 0.495 e. The molecule has 1 saturated carbocycles.